The lowest BCUT2D eigenvalue weighted by Crippen LogP contribution is -2.59. The first kappa shape index (κ1) is 17.7. The van der Waals surface area contributed by atoms with Gasteiger partial charge in [0.2, 0.25) is 0 Å². The number of hydrogen-bond donors (Lipinski definition) is 1. The van der Waals surface area contributed by atoms with Gasteiger partial charge in [0.05, 0.1) is 25.4 Å². The zero-order valence-electron chi connectivity index (χ0n) is 13.6. The largest absolute Gasteiger partial charge is 0.479 e. The van der Waals surface area contributed by atoms with E-state index in [-0.39, 0.29) is 13.2 Å². The zero-order valence-corrected chi connectivity index (χ0v) is 13.6. The van der Waals surface area contributed by atoms with Crippen LogP contribution in [-0.4, -0.2) is 54.7 Å². The highest BCUT2D eigenvalue weighted by Gasteiger charge is 2.47. The smallest absolute Gasteiger partial charge is 0.332 e. The van der Waals surface area contributed by atoms with Crippen LogP contribution in [-0.2, 0) is 23.7 Å². The molecule has 6 atom stereocenters. The molecule has 2 heterocycles. The molecule has 1 aromatic rings. The monoisotopic (exact) mass is 349 g/mol. The summed E-state index contributed by atoms with van der Waals surface area (Å²) in [6, 6.07) is 8.69. The molecule has 0 radical (unpaired) electrons. The van der Waals surface area contributed by atoms with E-state index in [2.05, 4.69) is 10.0 Å². The highest BCUT2D eigenvalue weighted by molar-refractivity contribution is 5.71. The van der Waals surface area contributed by atoms with Crippen LogP contribution in [0.5, 0.6) is 0 Å². The molecule has 25 heavy (non-hydrogen) atoms. The fraction of sp³-hybridized carbons (Fsp3) is 0.562. The van der Waals surface area contributed by atoms with Crippen molar-refractivity contribution in [3.8, 4) is 0 Å². The number of azide groups is 1. The molecule has 9 nitrogen and oxygen atoms in total. The Morgan fingerprint density at radius 1 is 1.36 bits per heavy atom. The van der Waals surface area contributed by atoms with E-state index in [9.17, 15) is 4.79 Å². The fourth-order valence-electron chi connectivity index (χ4n) is 2.93. The number of nitrogens with zero attached hydrogens (tertiary/aromatic N) is 3. The van der Waals surface area contributed by atoms with E-state index in [0.717, 1.165) is 5.56 Å². The minimum Gasteiger partial charge on any atom is -0.479 e. The molecule has 1 aromatic carbocycles. The molecule has 0 aromatic heterocycles. The lowest BCUT2D eigenvalue weighted by Gasteiger charge is -2.45. The third-order valence-electron chi connectivity index (χ3n) is 4.22. The number of carboxylic acid groups (broad SMARTS) is 1. The van der Waals surface area contributed by atoms with Crippen molar-refractivity contribution < 1.29 is 28.8 Å². The van der Waals surface area contributed by atoms with Gasteiger partial charge in [0.25, 0.3) is 0 Å². The Bertz CT molecular complexity index is 651. The lowest BCUT2D eigenvalue weighted by atomic mass is 9.97. The Hall–Kier alpha value is -2.16. The van der Waals surface area contributed by atoms with E-state index in [1.807, 2.05) is 30.3 Å². The van der Waals surface area contributed by atoms with Crippen LogP contribution in [0.1, 0.15) is 18.8 Å². The van der Waals surface area contributed by atoms with Gasteiger partial charge >= 0.3 is 5.97 Å². The molecule has 0 bridgehead atoms. The van der Waals surface area contributed by atoms with Gasteiger partial charge in [-0.25, -0.2) is 4.79 Å². The van der Waals surface area contributed by atoms with Gasteiger partial charge in [0.15, 0.2) is 12.4 Å². The molecule has 0 amide bonds. The Labute approximate surface area is 144 Å². The van der Waals surface area contributed by atoms with Gasteiger partial charge in [-0.1, -0.05) is 35.4 Å². The number of benzene rings is 1. The summed E-state index contributed by atoms with van der Waals surface area (Å²) in [5.74, 6) is -1.10. The van der Waals surface area contributed by atoms with Gasteiger partial charge in [0, 0.05) is 10.5 Å². The second-order valence-electron chi connectivity index (χ2n) is 5.90. The minimum atomic E-state index is -1.10. The van der Waals surface area contributed by atoms with E-state index in [1.54, 1.807) is 0 Å². The first-order valence-corrected chi connectivity index (χ1v) is 7.96. The number of aliphatic carboxylic acids is 1. The van der Waals surface area contributed by atoms with Gasteiger partial charge in [0.1, 0.15) is 12.2 Å². The van der Waals surface area contributed by atoms with Gasteiger partial charge in [-0.2, -0.15) is 0 Å². The maximum Gasteiger partial charge on any atom is 0.332 e. The van der Waals surface area contributed by atoms with E-state index >= 15 is 0 Å². The first-order valence-electron chi connectivity index (χ1n) is 7.96. The average Bonchev–Trinajstić information content (AvgIpc) is 2.64. The van der Waals surface area contributed by atoms with Crippen LogP contribution in [0.15, 0.2) is 35.4 Å². The summed E-state index contributed by atoms with van der Waals surface area (Å²) in [5, 5.41) is 12.8. The van der Waals surface area contributed by atoms with Gasteiger partial charge in [-0.3, -0.25) is 0 Å². The van der Waals surface area contributed by atoms with Crippen molar-refractivity contribution in [2.45, 2.75) is 43.7 Å². The molecule has 0 spiro atoms. The number of rotatable bonds is 5. The van der Waals surface area contributed by atoms with Crippen molar-refractivity contribution in [1.82, 2.24) is 0 Å². The van der Waals surface area contributed by atoms with E-state index in [4.69, 9.17) is 29.6 Å². The Morgan fingerprint density at radius 3 is 2.80 bits per heavy atom. The van der Waals surface area contributed by atoms with Gasteiger partial charge < -0.3 is 24.1 Å². The minimum absolute atomic E-state index is 0.116. The van der Waals surface area contributed by atoms with Crippen molar-refractivity contribution in [3.63, 3.8) is 0 Å². The summed E-state index contributed by atoms with van der Waals surface area (Å²) in [7, 11) is 0. The fourth-order valence-corrected chi connectivity index (χ4v) is 2.93. The Kier molecular flexibility index (Phi) is 5.52. The molecule has 0 aliphatic carbocycles. The number of fused-ring (bicyclic) bond motifs is 1. The van der Waals surface area contributed by atoms with Crippen LogP contribution in [0.4, 0.5) is 0 Å². The number of ether oxygens (including phenoxy) is 4. The maximum atomic E-state index is 11.2. The average molecular weight is 349 g/mol. The number of hydrogen-bond acceptors (Lipinski definition) is 6. The molecule has 2 aliphatic heterocycles. The predicted molar refractivity (Wildman–Crippen MR) is 84.7 cm³/mol. The van der Waals surface area contributed by atoms with Crippen molar-refractivity contribution in [1.29, 1.82) is 0 Å². The van der Waals surface area contributed by atoms with Crippen LogP contribution in [0, 0.1) is 0 Å². The molecular formula is C16H19N3O6. The second kappa shape index (κ2) is 7.81. The first-order chi connectivity index (χ1) is 12.1. The Morgan fingerprint density at radius 2 is 2.12 bits per heavy atom. The summed E-state index contributed by atoms with van der Waals surface area (Å²) in [5.41, 5.74) is 9.60. The molecule has 3 unspecified atom stereocenters. The summed E-state index contributed by atoms with van der Waals surface area (Å²) in [6.07, 6.45) is -3.46. The van der Waals surface area contributed by atoms with Crippen molar-refractivity contribution in [2.75, 3.05) is 13.2 Å². The topological polar surface area (TPSA) is 123 Å². The van der Waals surface area contributed by atoms with Crippen LogP contribution in [0.2, 0.25) is 0 Å². The normalized spacial score (nSPS) is 32.9. The van der Waals surface area contributed by atoms with Crippen molar-refractivity contribution >= 4 is 5.97 Å². The third-order valence-corrected chi connectivity index (χ3v) is 4.22. The number of carboxylic acids is 1. The van der Waals surface area contributed by atoms with E-state index in [1.165, 1.54) is 6.92 Å². The highest BCUT2D eigenvalue weighted by atomic mass is 16.7. The molecule has 2 fully saturated rings. The van der Waals surface area contributed by atoms with Crippen LogP contribution in [0.25, 0.3) is 10.4 Å². The van der Waals surface area contributed by atoms with Crippen LogP contribution >= 0.6 is 0 Å². The lowest BCUT2D eigenvalue weighted by molar-refractivity contribution is -0.309. The molecule has 9 heteroatoms. The second-order valence-corrected chi connectivity index (χ2v) is 5.90. The maximum absolute atomic E-state index is 11.2. The summed E-state index contributed by atoms with van der Waals surface area (Å²) >= 11 is 0. The molecule has 134 valence electrons. The molecule has 3 rings (SSSR count). The zero-order chi connectivity index (χ0) is 17.8. The molecule has 2 aliphatic rings. The molecular weight excluding hydrogens is 330 g/mol. The molecule has 1 N–H and O–H groups in total. The van der Waals surface area contributed by atoms with Gasteiger partial charge in [-0.05, 0) is 12.5 Å². The predicted octanol–water partition coefficient (Wildman–Crippen LogP) is 2.04. The van der Waals surface area contributed by atoms with Crippen LogP contribution < -0.4 is 0 Å². The summed E-state index contributed by atoms with van der Waals surface area (Å²) in [4.78, 5) is 14.0. The number of carbonyl (C=O) groups is 1. The molecule has 0 saturated carbocycles. The molecule has 2 saturated heterocycles. The standard InChI is InChI=1S/C16H19N3O6/c1-9(15(20)21)24-13-11(18-19-17)7-22-12-8-23-16(25-14(12)13)10-5-3-2-4-6-10/h2-6,9,11-14,16H,7-8H2,1H3,(H,20,21)/t9-,11+,12?,13?,14-,16?/m1/s1. The SMILES string of the molecule is C[C@@H](OC1[C@@H]2OC(c3ccccc3)OCC2OC[C@@H]1N=[N+]=[N-])C(=O)O. The van der Waals surface area contributed by atoms with Crippen molar-refractivity contribution in [2.24, 2.45) is 5.11 Å². The quantitative estimate of drug-likeness (QED) is 0.493. The third kappa shape index (κ3) is 3.92. The Balaban J connectivity index is 1.82. The van der Waals surface area contributed by atoms with Crippen molar-refractivity contribution in [3.05, 3.63) is 46.3 Å². The highest BCUT2D eigenvalue weighted by Crippen LogP contribution is 2.34. The van der Waals surface area contributed by atoms with E-state index in [0.29, 0.717) is 0 Å². The van der Waals surface area contributed by atoms with Crippen LogP contribution in [0.3, 0.4) is 0 Å². The van der Waals surface area contributed by atoms with E-state index < -0.39 is 42.7 Å². The summed E-state index contributed by atoms with van der Waals surface area (Å²) < 4.78 is 23.0. The van der Waals surface area contributed by atoms with Gasteiger partial charge in [-0.15, -0.1) is 0 Å². The summed E-state index contributed by atoms with van der Waals surface area (Å²) in [6.45, 7) is 1.81.